The van der Waals surface area contributed by atoms with Gasteiger partial charge in [-0.15, -0.1) is 5.10 Å². The number of hydrogen-bond acceptors (Lipinski definition) is 9. The summed E-state index contributed by atoms with van der Waals surface area (Å²) in [6.07, 6.45) is 0. The number of amides is 2. The van der Waals surface area contributed by atoms with Crippen molar-refractivity contribution in [1.82, 2.24) is 19.7 Å². The van der Waals surface area contributed by atoms with Gasteiger partial charge in [-0.2, -0.15) is 4.98 Å². The first kappa shape index (κ1) is 34.8. The second-order valence-electron chi connectivity index (χ2n) is 11.7. The number of nitrogens with zero attached hydrogens (tertiary/aromatic N) is 4. The zero-order valence-electron chi connectivity index (χ0n) is 27.5. The monoisotopic (exact) mass is 766 g/mol. The number of aromatic nitrogens is 3. The standard InChI is InChI=1S/C35H36BrClN6O5S/c1-20-9-10-27(21(2)15-20)39-33(45)30-22(3)38-34-40-35(49-19-23-7-5-6-8-26(23)37)41-43(34)31(30)24-16-25(36)32(28(17-24)46-4)48-18-29(44)42-11-13-47-14-12-42/h5-10,15-17,31H,11-14,18-19H2,1-4H3,(H,39,45)(H,38,40,41). The zero-order chi connectivity index (χ0) is 34.7. The minimum absolute atomic E-state index is 0.141. The highest BCUT2D eigenvalue weighted by Crippen LogP contribution is 2.43. The summed E-state index contributed by atoms with van der Waals surface area (Å²) < 4.78 is 19.4. The minimum atomic E-state index is -0.696. The molecule has 1 unspecified atom stereocenters. The van der Waals surface area contributed by atoms with E-state index in [1.54, 1.807) is 15.6 Å². The maximum Gasteiger partial charge on any atom is 0.260 e. The van der Waals surface area contributed by atoms with Crippen LogP contribution in [0, 0.1) is 13.8 Å². The van der Waals surface area contributed by atoms with Crippen LogP contribution in [0.3, 0.4) is 0 Å². The van der Waals surface area contributed by atoms with E-state index >= 15 is 0 Å². The largest absolute Gasteiger partial charge is 0.493 e. The summed E-state index contributed by atoms with van der Waals surface area (Å²) >= 11 is 11.5. The molecule has 49 heavy (non-hydrogen) atoms. The van der Waals surface area contributed by atoms with Crippen LogP contribution in [0.5, 0.6) is 11.5 Å². The van der Waals surface area contributed by atoms with Crippen LogP contribution in [0.1, 0.15) is 35.2 Å². The fourth-order valence-electron chi connectivity index (χ4n) is 5.77. The van der Waals surface area contributed by atoms with Gasteiger partial charge in [0.05, 0.1) is 30.4 Å². The van der Waals surface area contributed by atoms with Gasteiger partial charge in [-0.1, -0.05) is 59.3 Å². The van der Waals surface area contributed by atoms with E-state index in [1.165, 1.54) is 18.9 Å². The van der Waals surface area contributed by atoms with E-state index in [4.69, 9.17) is 35.9 Å². The van der Waals surface area contributed by atoms with Crippen LogP contribution in [0.25, 0.3) is 0 Å². The first-order valence-electron chi connectivity index (χ1n) is 15.7. The zero-order valence-corrected chi connectivity index (χ0v) is 30.7. The minimum Gasteiger partial charge on any atom is -0.493 e. The molecule has 0 aliphatic carbocycles. The smallest absolute Gasteiger partial charge is 0.260 e. The lowest BCUT2D eigenvalue weighted by Crippen LogP contribution is -2.43. The molecular weight excluding hydrogens is 732 g/mol. The van der Waals surface area contributed by atoms with Gasteiger partial charge in [0.2, 0.25) is 11.1 Å². The number of hydrogen-bond donors (Lipinski definition) is 2. The predicted molar refractivity (Wildman–Crippen MR) is 194 cm³/mol. The summed E-state index contributed by atoms with van der Waals surface area (Å²) in [5.41, 5.74) is 5.49. The van der Waals surface area contributed by atoms with Gasteiger partial charge < -0.3 is 29.7 Å². The number of carbonyl (C=O) groups is 2. The van der Waals surface area contributed by atoms with Crippen molar-refractivity contribution < 1.29 is 23.8 Å². The van der Waals surface area contributed by atoms with E-state index in [1.807, 2.05) is 69.3 Å². The van der Waals surface area contributed by atoms with Crippen LogP contribution >= 0.6 is 39.3 Å². The molecule has 0 spiro atoms. The molecule has 1 aromatic heterocycles. The second kappa shape index (κ2) is 15.2. The number of methoxy groups -OCH3 is 1. The van der Waals surface area contributed by atoms with Crippen molar-refractivity contribution in [3.8, 4) is 11.5 Å². The van der Waals surface area contributed by atoms with Gasteiger partial charge in [-0.25, -0.2) is 4.68 Å². The molecule has 11 nitrogen and oxygen atoms in total. The topological polar surface area (TPSA) is 120 Å². The lowest BCUT2D eigenvalue weighted by atomic mass is 9.94. The van der Waals surface area contributed by atoms with E-state index < -0.39 is 6.04 Å². The van der Waals surface area contributed by atoms with Crippen LogP contribution in [-0.2, 0) is 20.1 Å². The molecule has 1 saturated heterocycles. The van der Waals surface area contributed by atoms with Crippen molar-refractivity contribution >= 4 is 62.7 Å². The number of rotatable bonds is 10. The average molecular weight is 768 g/mol. The lowest BCUT2D eigenvalue weighted by Gasteiger charge is -2.29. The summed E-state index contributed by atoms with van der Waals surface area (Å²) in [6, 6.07) is 16.5. The summed E-state index contributed by atoms with van der Waals surface area (Å²) in [7, 11) is 1.53. The van der Waals surface area contributed by atoms with Crippen LogP contribution in [0.2, 0.25) is 5.02 Å². The maximum absolute atomic E-state index is 14.2. The van der Waals surface area contributed by atoms with Crippen molar-refractivity contribution in [3.63, 3.8) is 0 Å². The van der Waals surface area contributed by atoms with Gasteiger partial charge in [-0.3, -0.25) is 9.59 Å². The molecule has 0 radical (unpaired) electrons. The molecule has 4 aromatic rings. The van der Waals surface area contributed by atoms with Crippen LogP contribution < -0.4 is 20.1 Å². The van der Waals surface area contributed by atoms with E-state index in [0.29, 0.717) is 86.7 Å². The molecule has 0 saturated carbocycles. The SMILES string of the molecule is COc1cc(C2C(C(=O)Nc3ccc(C)cc3C)=C(C)Nc3nc(SCc4ccccc4Cl)nn32)cc(Br)c1OCC(=O)N1CCOCC1. The Labute approximate surface area is 302 Å². The van der Waals surface area contributed by atoms with Gasteiger partial charge in [-0.05, 0) is 77.7 Å². The fraction of sp³-hybridized carbons (Fsp3) is 0.314. The number of aryl methyl sites for hydroxylation is 2. The van der Waals surface area contributed by atoms with Crippen molar-refractivity contribution in [1.29, 1.82) is 0 Å². The molecule has 2 aliphatic heterocycles. The van der Waals surface area contributed by atoms with Gasteiger partial charge >= 0.3 is 0 Å². The van der Waals surface area contributed by atoms with Crippen molar-refractivity contribution in [2.75, 3.05) is 50.7 Å². The molecule has 6 rings (SSSR count). The fourth-order valence-corrected chi connectivity index (χ4v) is 7.46. The molecule has 256 valence electrons. The van der Waals surface area contributed by atoms with Crippen molar-refractivity contribution in [2.24, 2.45) is 0 Å². The number of thioether (sulfide) groups is 1. The van der Waals surface area contributed by atoms with E-state index in [-0.39, 0.29) is 18.4 Å². The Morgan fingerprint density at radius 1 is 1.12 bits per heavy atom. The summed E-state index contributed by atoms with van der Waals surface area (Å²) in [6.45, 7) is 7.70. The van der Waals surface area contributed by atoms with Gasteiger partial charge in [0, 0.05) is 35.2 Å². The Morgan fingerprint density at radius 3 is 2.63 bits per heavy atom. The number of halogens is 2. The number of allylic oxidation sites excluding steroid dienone is 1. The van der Waals surface area contributed by atoms with Gasteiger partial charge in [0.25, 0.3) is 11.8 Å². The maximum atomic E-state index is 14.2. The molecule has 14 heteroatoms. The molecular formula is C35H36BrClN6O5S. The second-order valence-corrected chi connectivity index (χ2v) is 13.9. The number of ether oxygens (including phenoxy) is 3. The number of benzene rings is 3. The summed E-state index contributed by atoms with van der Waals surface area (Å²) in [4.78, 5) is 33.5. The summed E-state index contributed by atoms with van der Waals surface area (Å²) in [5.74, 6) is 1.38. The third-order valence-corrected chi connectivity index (χ3v) is 10.1. The number of nitrogens with one attached hydrogen (secondary N) is 2. The van der Waals surface area contributed by atoms with Crippen LogP contribution in [-0.4, -0.2) is 71.5 Å². The Hall–Kier alpha value is -4.04. The quantitative estimate of drug-likeness (QED) is 0.169. The van der Waals surface area contributed by atoms with Crippen LogP contribution in [0.15, 0.2) is 75.5 Å². The Morgan fingerprint density at radius 2 is 1.90 bits per heavy atom. The van der Waals surface area contributed by atoms with Crippen molar-refractivity contribution in [3.05, 3.63) is 97.6 Å². The number of fused-ring (bicyclic) bond motifs is 1. The Kier molecular flexibility index (Phi) is 10.8. The highest BCUT2D eigenvalue weighted by Gasteiger charge is 2.36. The van der Waals surface area contributed by atoms with Gasteiger partial charge in [0.1, 0.15) is 6.04 Å². The third-order valence-electron chi connectivity index (χ3n) is 8.29. The summed E-state index contributed by atoms with van der Waals surface area (Å²) in [5, 5.41) is 12.5. The van der Waals surface area contributed by atoms with Crippen LogP contribution in [0.4, 0.5) is 11.6 Å². The molecule has 3 aromatic carbocycles. The first-order valence-corrected chi connectivity index (χ1v) is 17.8. The molecule has 2 amide bonds. The molecule has 2 N–H and O–H groups in total. The Balaban J connectivity index is 1.35. The normalized spacial score (nSPS) is 15.8. The third kappa shape index (κ3) is 7.75. The molecule has 2 aliphatic rings. The number of morpholine rings is 1. The van der Waals surface area contributed by atoms with E-state index in [9.17, 15) is 9.59 Å². The Bertz CT molecular complexity index is 1930. The lowest BCUT2D eigenvalue weighted by molar-refractivity contribution is -0.137. The van der Waals surface area contributed by atoms with Gasteiger partial charge in [0.15, 0.2) is 18.1 Å². The average Bonchev–Trinajstić information content (AvgIpc) is 3.50. The number of carbonyl (C=O) groups excluding carboxylic acids is 2. The highest BCUT2D eigenvalue weighted by molar-refractivity contribution is 9.10. The van der Waals surface area contributed by atoms with E-state index in [2.05, 4.69) is 26.6 Å². The highest BCUT2D eigenvalue weighted by atomic mass is 79.9. The predicted octanol–water partition coefficient (Wildman–Crippen LogP) is 6.78. The van der Waals surface area contributed by atoms with Crippen molar-refractivity contribution in [2.45, 2.75) is 37.7 Å². The molecule has 1 atom stereocenters. The molecule has 3 heterocycles. The molecule has 1 fully saturated rings. The number of anilines is 2. The first-order chi connectivity index (χ1) is 23.6. The van der Waals surface area contributed by atoms with E-state index in [0.717, 1.165) is 16.7 Å². The molecule has 0 bridgehead atoms.